The Kier molecular flexibility index (Phi) is 7.79. The molecule has 2 heterocycles. The summed E-state index contributed by atoms with van der Waals surface area (Å²) in [5, 5.41) is 9.24. The second-order valence-electron chi connectivity index (χ2n) is 7.87. The molecule has 34 heavy (non-hydrogen) atoms. The predicted molar refractivity (Wildman–Crippen MR) is 124 cm³/mol. The van der Waals surface area contributed by atoms with Crippen molar-refractivity contribution in [2.24, 2.45) is 0 Å². The van der Waals surface area contributed by atoms with Crippen LogP contribution in [0.5, 0.6) is 11.5 Å². The fraction of sp³-hybridized carbons (Fsp3) is 0.375. The van der Waals surface area contributed by atoms with Crippen LogP contribution in [0.2, 0.25) is 0 Å². The lowest BCUT2D eigenvalue weighted by Crippen LogP contribution is -2.17. The molecule has 1 unspecified atom stereocenters. The summed E-state index contributed by atoms with van der Waals surface area (Å²) in [7, 11) is 1.60. The van der Waals surface area contributed by atoms with Gasteiger partial charge in [0.05, 0.1) is 31.1 Å². The van der Waals surface area contributed by atoms with Gasteiger partial charge in [-0.25, -0.2) is 0 Å². The van der Waals surface area contributed by atoms with Gasteiger partial charge >= 0.3 is 6.61 Å². The van der Waals surface area contributed by atoms with Crippen LogP contribution in [0.15, 0.2) is 47.6 Å². The molecule has 7 nitrogen and oxygen atoms in total. The summed E-state index contributed by atoms with van der Waals surface area (Å²) in [6.07, 6.45) is 1.96. The van der Waals surface area contributed by atoms with Crippen LogP contribution >= 0.6 is 11.8 Å². The third-order valence-corrected chi connectivity index (χ3v) is 6.43. The number of aryl methyl sites for hydroxylation is 1. The number of rotatable bonds is 10. The van der Waals surface area contributed by atoms with E-state index in [4.69, 9.17) is 9.47 Å². The first kappa shape index (κ1) is 24.2. The first-order valence-electron chi connectivity index (χ1n) is 10.9. The van der Waals surface area contributed by atoms with Gasteiger partial charge in [-0.2, -0.15) is 8.78 Å². The van der Waals surface area contributed by atoms with Gasteiger partial charge in [0.15, 0.2) is 16.8 Å². The summed E-state index contributed by atoms with van der Waals surface area (Å²) in [4.78, 5) is 12.9. The Balaban J connectivity index is 1.57. The molecule has 4 rings (SSSR count). The number of Topliss-reactive ketones (excluding diaryl/α,β-unsaturated/α-hetero) is 1. The zero-order valence-electron chi connectivity index (χ0n) is 18.9. The molecule has 1 aliphatic heterocycles. The van der Waals surface area contributed by atoms with Crippen molar-refractivity contribution in [2.45, 2.75) is 44.2 Å². The normalized spacial score (nSPS) is 15.6. The zero-order valence-corrected chi connectivity index (χ0v) is 19.7. The zero-order chi connectivity index (χ0) is 24.1. The lowest BCUT2D eigenvalue weighted by molar-refractivity contribution is -0.0501. The summed E-state index contributed by atoms with van der Waals surface area (Å²) in [6, 6.07) is 12.1. The highest BCUT2D eigenvalue weighted by Crippen LogP contribution is 2.29. The average Bonchev–Trinajstić information content (AvgIpc) is 3.49. The Morgan fingerprint density at radius 1 is 1.24 bits per heavy atom. The van der Waals surface area contributed by atoms with E-state index in [1.807, 2.05) is 28.8 Å². The minimum atomic E-state index is -3.01. The van der Waals surface area contributed by atoms with E-state index < -0.39 is 6.61 Å². The molecule has 0 saturated carbocycles. The Labute approximate surface area is 200 Å². The summed E-state index contributed by atoms with van der Waals surface area (Å²) < 4.78 is 43.1. The Morgan fingerprint density at radius 3 is 2.71 bits per heavy atom. The van der Waals surface area contributed by atoms with Crippen molar-refractivity contribution >= 4 is 17.5 Å². The van der Waals surface area contributed by atoms with Crippen molar-refractivity contribution < 1.29 is 27.8 Å². The number of hydrogen-bond donors (Lipinski definition) is 0. The van der Waals surface area contributed by atoms with Gasteiger partial charge in [0.1, 0.15) is 11.5 Å². The first-order chi connectivity index (χ1) is 16.4. The molecular weight excluding hydrogens is 464 g/mol. The lowest BCUT2D eigenvalue weighted by atomic mass is 10.1. The van der Waals surface area contributed by atoms with Gasteiger partial charge in [-0.05, 0) is 56.2 Å². The number of hydrogen-bond acceptors (Lipinski definition) is 7. The standard InChI is InChI=1S/C24H25F2N3O4S/c1-15-5-10-21(33-23(25)26)19(12-15)20(30)14-34-24-28-27-22(16-6-8-17(31-2)9-7-16)29(24)13-18-4-3-11-32-18/h5-10,12,18,23H,3-4,11,13-14H2,1-2H3. The Hall–Kier alpha value is -2.98. The fourth-order valence-corrected chi connectivity index (χ4v) is 4.61. The minimum Gasteiger partial charge on any atom is -0.497 e. The van der Waals surface area contributed by atoms with Crippen molar-refractivity contribution in [3.05, 3.63) is 53.6 Å². The number of thioether (sulfide) groups is 1. The number of carbonyl (C=O) groups is 1. The number of ether oxygens (including phenoxy) is 3. The predicted octanol–water partition coefficient (Wildman–Crippen LogP) is 5.02. The third kappa shape index (κ3) is 5.74. The second kappa shape index (κ2) is 11.0. The van der Waals surface area contributed by atoms with Crippen LogP contribution in [-0.2, 0) is 11.3 Å². The van der Waals surface area contributed by atoms with Crippen molar-refractivity contribution in [1.82, 2.24) is 14.8 Å². The van der Waals surface area contributed by atoms with Crippen LogP contribution in [0.4, 0.5) is 8.78 Å². The van der Waals surface area contributed by atoms with Gasteiger partial charge in [0, 0.05) is 12.2 Å². The third-order valence-electron chi connectivity index (χ3n) is 5.46. The number of ketones is 1. The molecule has 1 aromatic heterocycles. The van der Waals surface area contributed by atoms with E-state index in [1.54, 1.807) is 26.2 Å². The molecule has 1 saturated heterocycles. The maximum absolute atomic E-state index is 12.9. The summed E-state index contributed by atoms with van der Waals surface area (Å²) in [5.74, 6) is 0.919. The van der Waals surface area contributed by atoms with E-state index >= 15 is 0 Å². The average molecular weight is 490 g/mol. The van der Waals surface area contributed by atoms with Crippen LogP contribution in [0.1, 0.15) is 28.8 Å². The van der Waals surface area contributed by atoms with Gasteiger partial charge < -0.3 is 14.2 Å². The summed E-state index contributed by atoms with van der Waals surface area (Å²) >= 11 is 1.21. The van der Waals surface area contributed by atoms with E-state index in [-0.39, 0.29) is 29.0 Å². The van der Waals surface area contributed by atoms with Crippen LogP contribution < -0.4 is 9.47 Å². The number of aromatic nitrogens is 3. The summed E-state index contributed by atoms with van der Waals surface area (Å²) in [5.41, 5.74) is 1.75. The van der Waals surface area contributed by atoms with Crippen molar-refractivity contribution in [3.8, 4) is 22.9 Å². The molecule has 2 aromatic carbocycles. The molecule has 10 heteroatoms. The Morgan fingerprint density at radius 2 is 2.03 bits per heavy atom. The van der Waals surface area contributed by atoms with Crippen LogP contribution in [0, 0.1) is 6.92 Å². The number of methoxy groups -OCH3 is 1. The van der Waals surface area contributed by atoms with Crippen LogP contribution in [0.3, 0.4) is 0 Å². The maximum atomic E-state index is 12.9. The number of alkyl halides is 2. The van der Waals surface area contributed by atoms with E-state index in [9.17, 15) is 13.6 Å². The monoisotopic (exact) mass is 489 g/mol. The Bertz CT molecular complexity index is 1130. The smallest absolute Gasteiger partial charge is 0.387 e. The number of nitrogens with zero attached hydrogens (tertiary/aromatic N) is 3. The van der Waals surface area contributed by atoms with Crippen molar-refractivity contribution in [2.75, 3.05) is 19.5 Å². The number of carbonyl (C=O) groups excluding carboxylic acids is 1. The highest BCUT2D eigenvalue weighted by atomic mass is 32.2. The molecule has 0 amide bonds. The van der Waals surface area contributed by atoms with Crippen LogP contribution in [-0.4, -0.2) is 52.7 Å². The molecule has 180 valence electrons. The highest BCUT2D eigenvalue weighted by Gasteiger charge is 2.23. The van der Waals surface area contributed by atoms with Gasteiger partial charge in [-0.3, -0.25) is 9.36 Å². The SMILES string of the molecule is COc1ccc(-c2nnc(SCC(=O)c3cc(C)ccc3OC(F)F)n2CC2CCCO2)cc1. The highest BCUT2D eigenvalue weighted by molar-refractivity contribution is 7.99. The molecule has 3 aromatic rings. The van der Waals surface area contributed by atoms with Gasteiger partial charge in [0.25, 0.3) is 0 Å². The fourth-order valence-electron chi connectivity index (χ4n) is 3.77. The second-order valence-corrected chi connectivity index (χ2v) is 8.81. The minimum absolute atomic E-state index is 0.00464. The van der Waals surface area contributed by atoms with E-state index in [0.717, 1.165) is 29.7 Å². The molecule has 0 radical (unpaired) electrons. The van der Waals surface area contributed by atoms with Gasteiger partial charge in [-0.15, -0.1) is 10.2 Å². The quantitative estimate of drug-likeness (QED) is 0.292. The topological polar surface area (TPSA) is 75.5 Å². The van der Waals surface area contributed by atoms with Crippen molar-refractivity contribution in [3.63, 3.8) is 0 Å². The number of halogens is 2. The molecule has 0 spiro atoms. The first-order valence-corrected chi connectivity index (χ1v) is 11.8. The molecule has 1 fully saturated rings. The van der Waals surface area contributed by atoms with E-state index in [0.29, 0.717) is 24.1 Å². The molecule has 0 bridgehead atoms. The summed E-state index contributed by atoms with van der Waals surface area (Å²) in [6.45, 7) is 0.0413. The molecule has 0 N–H and O–H groups in total. The maximum Gasteiger partial charge on any atom is 0.387 e. The molecular formula is C24H25F2N3O4S. The number of benzene rings is 2. The van der Waals surface area contributed by atoms with Gasteiger partial charge in [0.2, 0.25) is 0 Å². The van der Waals surface area contributed by atoms with Gasteiger partial charge in [-0.1, -0.05) is 23.4 Å². The molecule has 1 atom stereocenters. The molecule has 1 aliphatic rings. The van der Waals surface area contributed by atoms with E-state index in [1.165, 1.54) is 17.8 Å². The lowest BCUT2D eigenvalue weighted by Gasteiger charge is -2.15. The molecule has 0 aliphatic carbocycles. The van der Waals surface area contributed by atoms with Crippen LogP contribution in [0.25, 0.3) is 11.4 Å². The largest absolute Gasteiger partial charge is 0.497 e. The van der Waals surface area contributed by atoms with Crippen molar-refractivity contribution in [1.29, 1.82) is 0 Å². The van der Waals surface area contributed by atoms with E-state index in [2.05, 4.69) is 14.9 Å².